The van der Waals surface area contributed by atoms with Crippen LogP contribution in [-0.4, -0.2) is 47.0 Å². The molecule has 1 saturated heterocycles. The maximum atomic E-state index is 13.5. The van der Waals surface area contributed by atoms with E-state index >= 15 is 0 Å². The van der Waals surface area contributed by atoms with E-state index in [2.05, 4.69) is 30.8 Å². The fourth-order valence-corrected chi connectivity index (χ4v) is 4.20. The Morgan fingerprint density at radius 2 is 1.96 bits per heavy atom. The van der Waals surface area contributed by atoms with Gasteiger partial charge in [-0.3, -0.25) is 4.79 Å². The Kier molecular flexibility index (Phi) is 4.39. The van der Waals surface area contributed by atoms with Gasteiger partial charge in [-0.1, -0.05) is 15.9 Å². The monoisotopic (exact) mass is 420 g/mol. The predicted molar refractivity (Wildman–Crippen MR) is 99.6 cm³/mol. The van der Waals surface area contributed by atoms with Crippen LogP contribution in [0.1, 0.15) is 10.4 Å². The molecule has 2 aromatic heterocycles. The molecule has 0 saturated carbocycles. The van der Waals surface area contributed by atoms with Crippen LogP contribution in [-0.2, 0) is 0 Å². The van der Waals surface area contributed by atoms with E-state index in [1.54, 1.807) is 28.6 Å². The molecule has 0 atom stereocenters. The van der Waals surface area contributed by atoms with Crippen molar-refractivity contribution in [2.24, 2.45) is 0 Å². The summed E-state index contributed by atoms with van der Waals surface area (Å²) in [5.74, 6) is 0.340. The van der Waals surface area contributed by atoms with Crippen molar-refractivity contribution in [3.05, 3.63) is 51.8 Å². The van der Waals surface area contributed by atoms with Crippen molar-refractivity contribution in [2.75, 3.05) is 31.1 Å². The van der Waals surface area contributed by atoms with Gasteiger partial charge >= 0.3 is 0 Å². The second-order valence-corrected chi connectivity index (χ2v) is 7.58. The van der Waals surface area contributed by atoms with Gasteiger partial charge in [0.1, 0.15) is 22.8 Å². The number of hydrogen-bond acceptors (Lipinski definition) is 5. The van der Waals surface area contributed by atoms with E-state index in [0.717, 1.165) is 16.0 Å². The zero-order chi connectivity index (χ0) is 17.4. The highest BCUT2D eigenvalue weighted by molar-refractivity contribution is 9.10. The van der Waals surface area contributed by atoms with Crippen molar-refractivity contribution in [3.8, 4) is 0 Å². The topological polar surface area (TPSA) is 49.3 Å². The molecule has 1 aliphatic rings. The van der Waals surface area contributed by atoms with Gasteiger partial charge < -0.3 is 9.80 Å². The van der Waals surface area contributed by atoms with Gasteiger partial charge in [-0.15, -0.1) is 11.3 Å². The third-order valence-electron chi connectivity index (χ3n) is 4.22. The summed E-state index contributed by atoms with van der Waals surface area (Å²) >= 11 is 4.82. The number of thiophene rings is 1. The lowest BCUT2D eigenvalue weighted by Crippen LogP contribution is -2.49. The average molecular weight is 421 g/mol. The summed E-state index contributed by atoms with van der Waals surface area (Å²) in [6.07, 6.45) is 1.58. The summed E-state index contributed by atoms with van der Waals surface area (Å²) in [4.78, 5) is 26.2. The van der Waals surface area contributed by atoms with E-state index in [4.69, 9.17) is 0 Å². The largest absolute Gasteiger partial charge is 0.352 e. The van der Waals surface area contributed by atoms with E-state index in [9.17, 15) is 9.18 Å². The molecule has 0 N–H and O–H groups in total. The Morgan fingerprint density at radius 1 is 1.16 bits per heavy atom. The molecule has 0 radical (unpaired) electrons. The fourth-order valence-electron chi connectivity index (χ4n) is 3.01. The number of rotatable bonds is 2. The van der Waals surface area contributed by atoms with Gasteiger partial charge in [0.05, 0.1) is 5.39 Å². The first-order valence-electron chi connectivity index (χ1n) is 7.80. The van der Waals surface area contributed by atoms with Crippen LogP contribution in [0, 0.1) is 5.82 Å². The van der Waals surface area contributed by atoms with E-state index < -0.39 is 5.82 Å². The summed E-state index contributed by atoms with van der Waals surface area (Å²) in [5.41, 5.74) is 0.364. The first-order valence-corrected chi connectivity index (χ1v) is 9.47. The number of amides is 1. The average Bonchev–Trinajstić information content (AvgIpc) is 3.09. The zero-order valence-electron chi connectivity index (χ0n) is 13.2. The smallest absolute Gasteiger partial charge is 0.254 e. The minimum atomic E-state index is -0.419. The van der Waals surface area contributed by atoms with Crippen molar-refractivity contribution < 1.29 is 9.18 Å². The molecule has 1 amide bonds. The number of aromatic nitrogens is 2. The molecule has 1 aliphatic heterocycles. The SMILES string of the molecule is O=C(c1cc(F)cc(Br)c1)N1CCN(c2ncnc3sccc23)CC1. The van der Waals surface area contributed by atoms with Gasteiger partial charge in [-0.25, -0.2) is 14.4 Å². The van der Waals surface area contributed by atoms with Crippen LogP contribution < -0.4 is 4.90 Å². The Hall–Kier alpha value is -2.06. The maximum Gasteiger partial charge on any atom is 0.254 e. The normalized spacial score (nSPS) is 15.0. The number of benzene rings is 1. The summed E-state index contributed by atoms with van der Waals surface area (Å²) < 4.78 is 14.1. The number of carbonyl (C=O) groups excluding carboxylic acids is 1. The van der Waals surface area contributed by atoms with Crippen molar-refractivity contribution in [2.45, 2.75) is 0 Å². The van der Waals surface area contributed by atoms with Crippen LogP contribution in [0.3, 0.4) is 0 Å². The van der Waals surface area contributed by atoms with Crippen molar-refractivity contribution >= 4 is 49.2 Å². The highest BCUT2D eigenvalue weighted by atomic mass is 79.9. The third-order valence-corrected chi connectivity index (χ3v) is 5.50. The van der Waals surface area contributed by atoms with Gasteiger partial charge in [0.2, 0.25) is 0 Å². The van der Waals surface area contributed by atoms with Crippen molar-refractivity contribution in [3.63, 3.8) is 0 Å². The Balaban J connectivity index is 1.49. The molecule has 5 nitrogen and oxygen atoms in total. The molecule has 1 aromatic carbocycles. The van der Waals surface area contributed by atoms with Gasteiger partial charge in [0, 0.05) is 36.2 Å². The van der Waals surface area contributed by atoms with Crippen LogP contribution >= 0.6 is 27.3 Å². The Labute approximate surface area is 156 Å². The lowest BCUT2D eigenvalue weighted by Gasteiger charge is -2.35. The van der Waals surface area contributed by atoms with Crippen LogP contribution in [0.2, 0.25) is 0 Å². The summed E-state index contributed by atoms with van der Waals surface area (Å²) in [5, 5.41) is 3.05. The molecule has 0 aliphatic carbocycles. The third kappa shape index (κ3) is 3.23. The second-order valence-electron chi connectivity index (χ2n) is 5.77. The molecule has 0 spiro atoms. The number of fused-ring (bicyclic) bond motifs is 1. The van der Waals surface area contributed by atoms with Crippen LogP contribution in [0.15, 0.2) is 40.4 Å². The molecule has 0 unspecified atom stereocenters. The van der Waals surface area contributed by atoms with Crippen LogP contribution in [0.25, 0.3) is 10.2 Å². The number of anilines is 1. The first-order chi connectivity index (χ1) is 12.1. The molecule has 4 rings (SSSR count). The van der Waals surface area contributed by atoms with E-state index in [0.29, 0.717) is 36.2 Å². The maximum absolute atomic E-state index is 13.5. The standard InChI is InChI=1S/C17H14BrFN4OS/c18-12-7-11(8-13(19)9-12)17(24)23-4-2-22(3-5-23)15-14-1-6-25-16(14)21-10-20-15/h1,6-10H,2-5H2. The number of hydrogen-bond donors (Lipinski definition) is 0. The number of nitrogens with zero attached hydrogens (tertiary/aromatic N) is 4. The van der Waals surface area contributed by atoms with Crippen molar-refractivity contribution in [1.82, 2.24) is 14.9 Å². The van der Waals surface area contributed by atoms with Gasteiger partial charge in [0.15, 0.2) is 0 Å². The van der Waals surface area contributed by atoms with Gasteiger partial charge in [-0.05, 0) is 29.6 Å². The zero-order valence-corrected chi connectivity index (χ0v) is 15.6. The molecule has 25 heavy (non-hydrogen) atoms. The molecule has 8 heteroatoms. The first kappa shape index (κ1) is 16.4. The summed E-state index contributed by atoms with van der Waals surface area (Å²) in [7, 11) is 0. The molecule has 0 bridgehead atoms. The molecule has 1 fully saturated rings. The lowest BCUT2D eigenvalue weighted by molar-refractivity contribution is 0.0746. The van der Waals surface area contributed by atoms with Gasteiger partial charge in [-0.2, -0.15) is 0 Å². The molecule has 128 valence electrons. The number of carbonyl (C=O) groups is 1. The summed E-state index contributed by atoms with van der Waals surface area (Å²) in [6, 6.07) is 6.29. The van der Waals surface area contributed by atoms with E-state index in [1.807, 2.05) is 11.4 Å². The summed E-state index contributed by atoms with van der Waals surface area (Å²) in [6.45, 7) is 2.51. The Morgan fingerprint density at radius 3 is 2.72 bits per heavy atom. The van der Waals surface area contributed by atoms with Gasteiger partial charge in [0.25, 0.3) is 5.91 Å². The number of halogens is 2. The van der Waals surface area contributed by atoms with E-state index in [1.165, 1.54) is 12.1 Å². The minimum Gasteiger partial charge on any atom is -0.352 e. The second kappa shape index (κ2) is 6.68. The lowest BCUT2D eigenvalue weighted by atomic mass is 10.1. The molecule has 3 aromatic rings. The molecular formula is C17H14BrFN4OS. The quantitative estimate of drug-likeness (QED) is 0.635. The minimum absolute atomic E-state index is 0.150. The predicted octanol–water partition coefficient (Wildman–Crippen LogP) is 3.56. The van der Waals surface area contributed by atoms with Crippen LogP contribution in [0.5, 0.6) is 0 Å². The molecule has 3 heterocycles. The molecular weight excluding hydrogens is 407 g/mol. The fraction of sp³-hybridized carbons (Fsp3) is 0.235. The Bertz CT molecular complexity index is 919. The number of piperazine rings is 1. The van der Waals surface area contributed by atoms with Crippen molar-refractivity contribution in [1.29, 1.82) is 0 Å². The highest BCUT2D eigenvalue weighted by Gasteiger charge is 2.24. The van der Waals surface area contributed by atoms with Crippen LogP contribution in [0.4, 0.5) is 10.2 Å². The highest BCUT2D eigenvalue weighted by Crippen LogP contribution is 2.27. The van der Waals surface area contributed by atoms with E-state index in [-0.39, 0.29) is 5.91 Å².